The van der Waals surface area contributed by atoms with Gasteiger partial charge in [0.15, 0.2) is 5.65 Å². The summed E-state index contributed by atoms with van der Waals surface area (Å²) in [7, 11) is 0. The van der Waals surface area contributed by atoms with Crippen molar-refractivity contribution in [1.82, 2.24) is 19.9 Å². The lowest BCUT2D eigenvalue weighted by atomic mass is 9.96. The molecule has 0 aliphatic heterocycles. The molecule has 0 fully saturated rings. The van der Waals surface area contributed by atoms with E-state index in [1.807, 2.05) is 13.8 Å². The van der Waals surface area contributed by atoms with Crippen molar-refractivity contribution in [2.45, 2.75) is 39.7 Å². The zero-order chi connectivity index (χ0) is 15.4. The zero-order valence-electron chi connectivity index (χ0n) is 12.7. The van der Waals surface area contributed by atoms with Gasteiger partial charge in [-0.25, -0.2) is 9.50 Å². The van der Waals surface area contributed by atoms with Gasteiger partial charge >= 0.3 is 0 Å². The molecule has 2 aromatic rings. The van der Waals surface area contributed by atoms with Crippen molar-refractivity contribution >= 4 is 11.6 Å². The number of aliphatic hydroxyl groups excluding tert-OH is 1. The summed E-state index contributed by atoms with van der Waals surface area (Å²) in [5.74, 6) is -0.0420. The number of hydrogen-bond acceptors (Lipinski definition) is 4. The molecule has 0 spiro atoms. The Balaban J connectivity index is 2.11. The van der Waals surface area contributed by atoms with Gasteiger partial charge in [-0.3, -0.25) is 4.79 Å². The third-order valence-corrected chi connectivity index (χ3v) is 3.86. The zero-order valence-corrected chi connectivity index (χ0v) is 12.7. The van der Waals surface area contributed by atoms with E-state index in [9.17, 15) is 9.90 Å². The molecule has 2 aromatic heterocycles. The number of carbonyl (C=O) groups excluding carboxylic acids is 1. The number of fused-ring (bicyclic) bond motifs is 1. The van der Waals surface area contributed by atoms with Gasteiger partial charge in [-0.15, -0.1) is 0 Å². The van der Waals surface area contributed by atoms with Crippen LogP contribution in [0.25, 0.3) is 5.65 Å². The Morgan fingerprint density at radius 3 is 2.81 bits per heavy atom. The predicted octanol–water partition coefficient (Wildman–Crippen LogP) is 1.56. The largest absolute Gasteiger partial charge is 0.391 e. The summed E-state index contributed by atoms with van der Waals surface area (Å²) in [5.41, 5.74) is 1.63. The molecule has 0 bridgehead atoms. The van der Waals surface area contributed by atoms with Crippen molar-refractivity contribution in [2.75, 3.05) is 6.54 Å². The van der Waals surface area contributed by atoms with Crippen LogP contribution in [-0.4, -0.2) is 38.3 Å². The summed E-state index contributed by atoms with van der Waals surface area (Å²) in [4.78, 5) is 16.5. The first-order valence-corrected chi connectivity index (χ1v) is 7.34. The molecule has 114 valence electrons. The molecule has 0 radical (unpaired) electrons. The fraction of sp³-hybridized carbons (Fsp3) is 0.533. The number of amides is 1. The average molecular weight is 290 g/mol. The summed E-state index contributed by atoms with van der Waals surface area (Å²) in [6.07, 6.45) is 4.65. The second-order valence-corrected chi connectivity index (χ2v) is 5.20. The van der Waals surface area contributed by atoms with E-state index in [0.29, 0.717) is 16.9 Å². The maximum absolute atomic E-state index is 12.3. The Kier molecular flexibility index (Phi) is 4.90. The van der Waals surface area contributed by atoms with Crippen LogP contribution in [0.4, 0.5) is 0 Å². The first-order valence-electron chi connectivity index (χ1n) is 7.34. The van der Waals surface area contributed by atoms with Crippen LogP contribution in [0.15, 0.2) is 18.5 Å². The summed E-state index contributed by atoms with van der Waals surface area (Å²) in [6.45, 7) is 6.10. The molecule has 2 N–H and O–H groups in total. The molecule has 0 aliphatic rings. The van der Waals surface area contributed by atoms with E-state index >= 15 is 0 Å². The highest BCUT2D eigenvalue weighted by Crippen LogP contribution is 2.14. The molecule has 1 atom stereocenters. The van der Waals surface area contributed by atoms with Crippen LogP contribution in [0.3, 0.4) is 0 Å². The van der Waals surface area contributed by atoms with Crippen molar-refractivity contribution < 1.29 is 9.90 Å². The smallest absolute Gasteiger partial charge is 0.257 e. The van der Waals surface area contributed by atoms with E-state index in [0.717, 1.165) is 12.8 Å². The number of hydrogen-bond donors (Lipinski definition) is 2. The van der Waals surface area contributed by atoms with Crippen LogP contribution >= 0.6 is 0 Å². The van der Waals surface area contributed by atoms with Crippen molar-refractivity contribution in [1.29, 1.82) is 0 Å². The topological polar surface area (TPSA) is 79.5 Å². The lowest BCUT2D eigenvalue weighted by Gasteiger charge is -2.20. The Bertz CT molecular complexity index is 619. The Hall–Kier alpha value is -1.95. The first kappa shape index (κ1) is 15.4. The molecule has 0 aliphatic carbocycles. The van der Waals surface area contributed by atoms with Crippen molar-refractivity contribution in [3.8, 4) is 0 Å². The third-order valence-electron chi connectivity index (χ3n) is 3.86. The molecule has 6 heteroatoms. The van der Waals surface area contributed by atoms with Crippen LogP contribution in [0.5, 0.6) is 0 Å². The monoisotopic (exact) mass is 290 g/mol. The van der Waals surface area contributed by atoms with E-state index in [2.05, 4.69) is 15.4 Å². The molecule has 6 nitrogen and oxygen atoms in total. The Labute approximate surface area is 124 Å². The van der Waals surface area contributed by atoms with E-state index in [1.165, 1.54) is 0 Å². The maximum atomic E-state index is 12.3. The van der Waals surface area contributed by atoms with Crippen molar-refractivity contribution in [2.24, 2.45) is 5.92 Å². The van der Waals surface area contributed by atoms with E-state index in [1.54, 1.807) is 29.9 Å². The fourth-order valence-corrected chi connectivity index (χ4v) is 2.55. The molecule has 1 amide bonds. The molecule has 2 heterocycles. The number of rotatable bonds is 6. The molecular weight excluding hydrogens is 268 g/mol. The summed E-state index contributed by atoms with van der Waals surface area (Å²) >= 11 is 0. The highest BCUT2D eigenvalue weighted by atomic mass is 16.3. The normalized spacial score (nSPS) is 12.8. The molecule has 2 rings (SSSR count). The van der Waals surface area contributed by atoms with E-state index in [4.69, 9.17) is 0 Å². The minimum atomic E-state index is -0.529. The number of aliphatic hydroxyl groups is 1. The van der Waals surface area contributed by atoms with Crippen LogP contribution in [0.2, 0.25) is 0 Å². The number of carbonyl (C=O) groups is 1. The lowest BCUT2D eigenvalue weighted by molar-refractivity contribution is 0.0817. The highest BCUT2D eigenvalue weighted by molar-refractivity contribution is 6.00. The number of aromatic nitrogens is 3. The van der Waals surface area contributed by atoms with Gasteiger partial charge in [-0.2, -0.15) is 5.10 Å². The third kappa shape index (κ3) is 3.21. The SMILES string of the molecule is CCC(CC)C(O)CNC(=O)c1c(C)nn2cccnc12. The maximum Gasteiger partial charge on any atom is 0.257 e. The van der Waals surface area contributed by atoms with Gasteiger partial charge in [0.2, 0.25) is 0 Å². The number of aryl methyl sites for hydroxylation is 1. The molecule has 0 saturated carbocycles. The summed E-state index contributed by atoms with van der Waals surface area (Å²) in [5, 5.41) is 17.1. The van der Waals surface area contributed by atoms with Crippen LogP contribution in [0.1, 0.15) is 42.7 Å². The van der Waals surface area contributed by atoms with Gasteiger partial charge in [0.1, 0.15) is 5.56 Å². The molecule has 21 heavy (non-hydrogen) atoms. The summed E-state index contributed by atoms with van der Waals surface area (Å²) < 4.78 is 1.58. The first-order chi connectivity index (χ1) is 10.1. The van der Waals surface area contributed by atoms with Crippen molar-refractivity contribution in [3.63, 3.8) is 0 Å². The second-order valence-electron chi connectivity index (χ2n) is 5.20. The number of nitrogens with zero attached hydrogens (tertiary/aromatic N) is 3. The molecule has 0 saturated heterocycles. The fourth-order valence-electron chi connectivity index (χ4n) is 2.55. The van der Waals surface area contributed by atoms with Crippen molar-refractivity contribution in [3.05, 3.63) is 29.7 Å². The van der Waals surface area contributed by atoms with Gasteiger partial charge in [0, 0.05) is 18.9 Å². The molecular formula is C15H22N4O2. The Morgan fingerprint density at radius 1 is 1.43 bits per heavy atom. The van der Waals surface area contributed by atoms with Gasteiger partial charge in [-0.1, -0.05) is 26.7 Å². The van der Waals surface area contributed by atoms with Crippen LogP contribution in [0, 0.1) is 12.8 Å². The number of nitrogens with one attached hydrogen (secondary N) is 1. The van der Waals surface area contributed by atoms with Crippen LogP contribution < -0.4 is 5.32 Å². The molecule has 0 aromatic carbocycles. The minimum Gasteiger partial charge on any atom is -0.391 e. The quantitative estimate of drug-likeness (QED) is 0.846. The van der Waals surface area contributed by atoms with Gasteiger partial charge in [0.25, 0.3) is 5.91 Å². The predicted molar refractivity (Wildman–Crippen MR) is 80.1 cm³/mol. The lowest BCUT2D eigenvalue weighted by Crippen LogP contribution is -2.36. The van der Waals surface area contributed by atoms with Gasteiger partial charge in [0.05, 0.1) is 11.8 Å². The van der Waals surface area contributed by atoms with Gasteiger partial charge in [-0.05, 0) is 18.9 Å². The average Bonchev–Trinajstić information content (AvgIpc) is 2.82. The second kappa shape index (κ2) is 6.67. The van der Waals surface area contributed by atoms with E-state index in [-0.39, 0.29) is 18.4 Å². The standard InChI is InChI=1S/C15H22N4O2/c1-4-11(5-2)12(20)9-17-15(21)13-10(3)18-19-8-6-7-16-14(13)19/h6-8,11-12,20H,4-5,9H2,1-3H3,(H,17,21). The minimum absolute atomic E-state index is 0.202. The molecule has 1 unspecified atom stereocenters. The Morgan fingerprint density at radius 2 is 2.14 bits per heavy atom. The van der Waals surface area contributed by atoms with E-state index < -0.39 is 6.10 Å². The van der Waals surface area contributed by atoms with Gasteiger partial charge < -0.3 is 10.4 Å². The summed E-state index contributed by atoms with van der Waals surface area (Å²) in [6, 6.07) is 1.76. The van der Waals surface area contributed by atoms with Crippen LogP contribution in [-0.2, 0) is 0 Å². The highest BCUT2D eigenvalue weighted by Gasteiger charge is 2.20.